The summed E-state index contributed by atoms with van der Waals surface area (Å²) in [5.74, 6) is 1.06. The van der Waals surface area contributed by atoms with Crippen LogP contribution in [0.15, 0.2) is 16.5 Å². The second kappa shape index (κ2) is 5.54. The van der Waals surface area contributed by atoms with Crippen molar-refractivity contribution >= 4 is 6.29 Å². The third-order valence-electron chi connectivity index (χ3n) is 1.69. The minimum absolute atomic E-state index is 0.356. The standard InChI is InChI=1S/C10H14O3/c1-2-3-6-12-8-10-5-4-9(7-11)13-10/h4-5,7H,2-3,6,8H2,1H3. The second-order valence-electron chi connectivity index (χ2n) is 2.83. The predicted molar refractivity (Wildman–Crippen MR) is 48.7 cm³/mol. The number of aldehydes is 1. The molecular weight excluding hydrogens is 168 g/mol. The molecule has 3 heteroatoms. The third-order valence-corrected chi connectivity index (χ3v) is 1.69. The Bertz CT molecular complexity index is 252. The average Bonchev–Trinajstić information content (AvgIpc) is 2.60. The number of furan rings is 1. The molecule has 0 atom stereocenters. The number of carbonyl (C=O) groups excluding carboxylic acids is 1. The number of hydrogen-bond acceptors (Lipinski definition) is 3. The maximum atomic E-state index is 10.3. The summed E-state index contributed by atoms with van der Waals surface area (Å²) in [6, 6.07) is 3.40. The molecule has 0 amide bonds. The normalized spacial score (nSPS) is 10.2. The molecule has 0 spiro atoms. The van der Waals surface area contributed by atoms with Gasteiger partial charge in [0.25, 0.3) is 0 Å². The van der Waals surface area contributed by atoms with Crippen LogP contribution in [0.1, 0.15) is 36.1 Å². The first kappa shape index (κ1) is 9.99. The number of unbranched alkanes of at least 4 members (excludes halogenated alkanes) is 1. The van der Waals surface area contributed by atoms with Crippen molar-refractivity contribution in [3.8, 4) is 0 Å². The SMILES string of the molecule is CCCCOCc1ccc(C=O)o1. The molecule has 0 aromatic carbocycles. The van der Waals surface area contributed by atoms with Crippen LogP contribution in [0.5, 0.6) is 0 Å². The fourth-order valence-corrected chi connectivity index (χ4v) is 0.955. The van der Waals surface area contributed by atoms with Crippen molar-refractivity contribution in [2.75, 3.05) is 6.61 Å². The Morgan fingerprint density at radius 1 is 1.54 bits per heavy atom. The molecule has 0 unspecified atom stereocenters. The highest BCUT2D eigenvalue weighted by atomic mass is 16.5. The van der Waals surface area contributed by atoms with Gasteiger partial charge in [-0.1, -0.05) is 13.3 Å². The van der Waals surface area contributed by atoms with E-state index >= 15 is 0 Å². The number of ether oxygens (including phenoxy) is 1. The molecule has 3 nitrogen and oxygen atoms in total. The van der Waals surface area contributed by atoms with Crippen LogP contribution in [0.4, 0.5) is 0 Å². The first-order chi connectivity index (χ1) is 6.36. The minimum atomic E-state index is 0.356. The van der Waals surface area contributed by atoms with Gasteiger partial charge in [0.15, 0.2) is 12.0 Å². The second-order valence-corrected chi connectivity index (χ2v) is 2.83. The lowest BCUT2D eigenvalue weighted by molar-refractivity contribution is 0.0995. The fraction of sp³-hybridized carbons (Fsp3) is 0.500. The molecule has 0 N–H and O–H groups in total. The zero-order valence-electron chi connectivity index (χ0n) is 7.79. The van der Waals surface area contributed by atoms with E-state index in [9.17, 15) is 4.79 Å². The molecule has 0 aliphatic heterocycles. The number of rotatable bonds is 6. The van der Waals surface area contributed by atoms with Crippen LogP contribution in [0, 0.1) is 0 Å². The van der Waals surface area contributed by atoms with Crippen molar-refractivity contribution in [2.45, 2.75) is 26.4 Å². The van der Waals surface area contributed by atoms with E-state index in [1.807, 2.05) is 0 Å². The maximum Gasteiger partial charge on any atom is 0.185 e. The lowest BCUT2D eigenvalue weighted by atomic mass is 10.4. The predicted octanol–water partition coefficient (Wildman–Crippen LogP) is 2.41. The molecule has 0 aliphatic rings. The molecule has 0 fully saturated rings. The summed E-state index contributed by atoms with van der Waals surface area (Å²) in [6.45, 7) is 3.31. The summed E-state index contributed by atoms with van der Waals surface area (Å²) in [7, 11) is 0. The molecule has 13 heavy (non-hydrogen) atoms. The summed E-state index contributed by atoms with van der Waals surface area (Å²) in [5, 5.41) is 0. The molecule has 0 aliphatic carbocycles. The van der Waals surface area contributed by atoms with Crippen LogP contribution in [-0.2, 0) is 11.3 Å². The first-order valence-electron chi connectivity index (χ1n) is 4.48. The first-order valence-corrected chi connectivity index (χ1v) is 4.48. The van der Waals surface area contributed by atoms with Gasteiger partial charge < -0.3 is 9.15 Å². The van der Waals surface area contributed by atoms with Crippen LogP contribution >= 0.6 is 0 Å². The van der Waals surface area contributed by atoms with E-state index in [2.05, 4.69) is 6.92 Å². The zero-order valence-corrected chi connectivity index (χ0v) is 7.79. The van der Waals surface area contributed by atoms with Gasteiger partial charge >= 0.3 is 0 Å². The van der Waals surface area contributed by atoms with Crippen molar-refractivity contribution in [3.05, 3.63) is 23.7 Å². The van der Waals surface area contributed by atoms with Gasteiger partial charge in [0.2, 0.25) is 0 Å². The van der Waals surface area contributed by atoms with Crippen LogP contribution in [0.2, 0.25) is 0 Å². The summed E-state index contributed by atoms with van der Waals surface area (Å²) < 4.78 is 10.4. The molecule has 1 aromatic heterocycles. The highest BCUT2D eigenvalue weighted by Gasteiger charge is 1.99. The molecule has 0 saturated heterocycles. The van der Waals surface area contributed by atoms with Gasteiger partial charge in [-0.2, -0.15) is 0 Å². The molecule has 1 heterocycles. The van der Waals surface area contributed by atoms with Crippen LogP contribution in [0.3, 0.4) is 0 Å². The van der Waals surface area contributed by atoms with Crippen LogP contribution < -0.4 is 0 Å². The highest BCUT2D eigenvalue weighted by Crippen LogP contribution is 2.07. The van der Waals surface area contributed by atoms with E-state index < -0.39 is 0 Å². The minimum Gasteiger partial charge on any atom is -0.456 e. The molecule has 72 valence electrons. The average molecular weight is 182 g/mol. The highest BCUT2D eigenvalue weighted by molar-refractivity contribution is 5.70. The summed E-state index contributed by atoms with van der Waals surface area (Å²) in [4.78, 5) is 10.3. The van der Waals surface area contributed by atoms with E-state index in [4.69, 9.17) is 9.15 Å². The van der Waals surface area contributed by atoms with Crippen LogP contribution in [0.25, 0.3) is 0 Å². The number of hydrogen-bond donors (Lipinski definition) is 0. The van der Waals surface area contributed by atoms with Gasteiger partial charge in [-0.15, -0.1) is 0 Å². The fourth-order valence-electron chi connectivity index (χ4n) is 0.955. The molecule has 1 aromatic rings. The summed E-state index contributed by atoms with van der Waals surface area (Å²) >= 11 is 0. The van der Waals surface area contributed by atoms with Crippen molar-refractivity contribution < 1.29 is 13.9 Å². The van der Waals surface area contributed by atoms with Crippen molar-refractivity contribution in [1.82, 2.24) is 0 Å². The van der Waals surface area contributed by atoms with Crippen molar-refractivity contribution in [2.24, 2.45) is 0 Å². The zero-order chi connectivity index (χ0) is 9.52. The van der Waals surface area contributed by atoms with Gasteiger partial charge in [-0.3, -0.25) is 4.79 Å². The largest absolute Gasteiger partial charge is 0.456 e. The molecule has 0 saturated carbocycles. The Labute approximate surface area is 77.7 Å². The van der Waals surface area contributed by atoms with E-state index in [1.54, 1.807) is 12.1 Å². The van der Waals surface area contributed by atoms with E-state index in [1.165, 1.54) is 0 Å². The van der Waals surface area contributed by atoms with E-state index in [0.29, 0.717) is 24.4 Å². The topological polar surface area (TPSA) is 39.4 Å². The lowest BCUT2D eigenvalue weighted by Gasteiger charge is -1.99. The Balaban J connectivity index is 2.24. The van der Waals surface area contributed by atoms with E-state index in [-0.39, 0.29) is 0 Å². The maximum absolute atomic E-state index is 10.3. The smallest absolute Gasteiger partial charge is 0.185 e. The Morgan fingerprint density at radius 3 is 3.00 bits per heavy atom. The van der Waals surface area contributed by atoms with Gasteiger partial charge in [-0.05, 0) is 18.6 Å². The van der Waals surface area contributed by atoms with Gasteiger partial charge in [0, 0.05) is 6.61 Å². The van der Waals surface area contributed by atoms with Crippen LogP contribution in [-0.4, -0.2) is 12.9 Å². The molecule has 0 radical (unpaired) electrons. The van der Waals surface area contributed by atoms with Crippen molar-refractivity contribution in [3.63, 3.8) is 0 Å². The molecular formula is C10H14O3. The van der Waals surface area contributed by atoms with E-state index in [0.717, 1.165) is 19.4 Å². The lowest BCUT2D eigenvalue weighted by Crippen LogP contribution is -1.93. The monoisotopic (exact) mass is 182 g/mol. The van der Waals surface area contributed by atoms with Gasteiger partial charge in [0.05, 0.1) is 0 Å². The van der Waals surface area contributed by atoms with Gasteiger partial charge in [-0.25, -0.2) is 0 Å². The summed E-state index contributed by atoms with van der Waals surface area (Å²) in [5.41, 5.74) is 0. The quantitative estimate of drug-likeness (QED) is 0.501. The Hall–Kier alpha value is -1.09. The van der Waals surface area contributed by atoms with Crippen molar-refractivity contribution in [1.29, 1.82) is 0 Å². The molecule has 1 rings (SSSR count). The summed E-state index contributed by atoms with van der Waals surface area (Å²) in [6.07, 6.45) is 2.87. The van der Waals surface area contributed by atoms with Gasteiger partial charge in [0.1, 0.15) is 12.4 Å². The number of carbonyl (C=O) groups is 1. The Kier molecular flexibility index (Phi) is 4.26. The molecule has 0 bridgehead atoms. The third kappa shape index (κ3) is 3.42. The Morgan fingerprint density at radius 2 is 2.38 bits per heavy atom.